The first-order valence-electron chi connectivity index (χ1n) is 6.36. The Kier molecular flexibility index (Phi) is 4.36. The standard InChI is InChI=1S/C13H16ClNO4S/c1-8-3-2-4-11(8)15-20(18,19)12-7-9(13(16)17)5-6-10(12)14/h5-8,11,15H,2-4H2,1H3,(H,16,17). The normalized spacial score (nSPS) is 22.9. The van der Waals surface area contributed by atoms with Gasteiger partial charge in [0.05, 0.1) is 10.6 Å². The van der Waals surface area contributed by atoms with Crippen LogP contribution in [0.4, 0.5) is 0 Å². The Hall–Kier alpha value is -1.11. The summed E-state index contributed by atoms with van der Waals surface area (Å²) >= 11 is 5.90. The van der Waals surface area contributed by atoms with Gasteiger partial charge in [-0.25, -0.2) is 17.9 Å². The molecular formula is C13H16ClNO4S. The fourth-order valence-electron chi connectivity index (χ4n) is 2.43. The Morgan fingerprint density at radius 1 is 1.40 bits per heavy atom. The number of carboxylic acids is 1. The minimum atomic E-state index is -3.81. The fraction of sp³-hybridized carbons (Fsp3) is 0.462. The van der Waals surface area contributed by atoms with Crippen molar-refractivity contribution in [3.8, 4) is 0 Å². The SMILES string of the molecule is CC1CCCC1NS(=O)(=O)c1cc(C(=O)O)ccc1Cl. The monoisotopic (exact) mass is 317 g/mol. The molecule has 2 atom stereocenters. The van der Waals surface area contributed by atoms with Crippen LogP contribution in [0.3, 0.4) is 0 Å². The fourth-order valence-corrected chi connectivity index (χ4v) is 4.33. The lowest BCUT2D eigenvalue weighted by atomic mass is 10.1. The van der Waals surface area contributed by atoms with E-state index in [1.54, 1.807) is 0 Å². The summed E-state index contributed by atoms with van der Waals surface area (Å²) in [5, 5.41) is 8.96. The summed E-state index contributed by atoms with van der Waals surface area (Å²) in [6, 6.07) is 3.54. The van der Waals surface area contributed by atoms with Crippen molar-refractivity contribution in [2.75, 3.05) is 0 Å². The van der Waals surface area contributed by atoms with Gasteiger partial charge in [-0.05, 0) is 37.0 Å². The summed E-state index contributed by atoms with van der Waals surface area (Å²) in [7, 11) is -3.81. The first kappa shape index (κ1) is 15.3. The highest BCUT2D eigenvalue weighted by Gasteiger charge is 2.29. The van der Waals surface area contributed by atoms with Gasteiger partial charge in [0.2, 0.25) is 10.0 Å². The second-order valence-electron chi connectivity index (χ2n) is 5.09. The maximum absolute atomic E-state index is 12.3. The number of aromatic carboxylic acids is 1. The molecule has 2 rings (SSSR count). The van der Waals surface area contributed by atoms with E-state index in [9.17, 15) is 13.2 Å². The molecular weight excluding hydrogens is 302 g/mol. The lowest BCUT2D eigenvalue weighted by Gasteiger charge is -2.18. The van der Waals surface area contributed by atoms with Crippen LogP contribution in [0, 0.1) is 5.92 Å². The summed E-state index contributed by atoms with van der Waals surface area (Å²) in [5.74, 6) is -0.918. The minimum absolute atomic E-state index is 0.0214. The molecule has 0 amide bonds. The van der Waals surface area contributed by atoms with E-state index in [-0.39, 0.29) is 27.4 Å². The smallest absolute Gasteiger partial charge is 0.335 e. The van der Waals surface area contributed by atoms with Gasteiger partial charge in [0.25, 0.3) is 0 Å². The van der Waals surface area contributed by atoms with Gasteiger partial charge in [0.15, 0.2) is 0 Å². The van der Waals surface area contributed by atoms with E-state index in [1.165, 1.54) is 12.1 Å². The van der Waals surface area contributed by atoms with Gasteiger partial charge in [-0.15, -0.1) is 0 Å². The van der Waals surface area contributed by atoms with E-state index < -0.39 is 16.0 Å². The summed E-state index contributed by atoms with van der Waals surface area (Å²) in [6.07, 6.45) is 2.75. The molecule has 7 heteroatoms. The molecule has 0 radical (unpaired) electrons. The molecule has 0 heterocycles. The Labute approximate surface area is 123 Å². The van der Waals surface area contributed by atoms with Crippen LogP contribution in [0.2, 0.25) is 5.02 Å². The molecule has 0 saturated heterocycles. The molecule has 20 heavy (non-hydrogen) atoms. The number of carboxylic acid groups (broad SMARTS) is 1. The molecule has 5 nitrogen and oxygen atoms in total. The van der Waals surface area contributed by atoms with Gasteiger partial charge in [-0.1, -0.05) is 24.9 Å². The Morgan fingerprint density at radius 3 is 2.65 bits per heavy atom. The summed E-state index contributed by atoms with van der Waals surface area (Å²) < 4.78 is 27.3. The second kappa shape index (κ2) is 5.71. The van der Waals surface area contributed by atoms with Crippen LogP contribution in [0.25, 0.3) is 0 Å². The topological polar surface area (TPSA) is 83.5 Å². The number of halogens is 1. The first-order chi connectivity index (χ1) is 9.31. The second-order valence-corrected chi connectivity index (χ2v) is 7.18. The molecule has 0 aromatic heterocycles. The van der Waals surface area contributed by atoms with E-state index in [0.717, 1.165) is 25.3 Å². The average molecular weight is 318 g/mol. The molecule has 1 saturated carbocycles. The number of rotatable bonds is 4. The molecule has 1 fully saturated rings. The van der Waals surface area contributed by atoms with Gasteiger partial charge >= 0.3 is 5.97 Å². The van der Waals surface area contributed by atoms with E-state index in [0.29, 0.717) is 0 Å². The van der Waals surface area contributed by atoms with Crippen LogP contribution in [-0.4, -0.2) is 25.5 Å². The van der Waals surface area contributed by atoms with Crippen molar-refractivity contribution in [3.05, 3.63) is 28.8 Å². The zero-order valence-electron chi connectivity index (χ0n) is 11.0. The molecule has 1 aliphatic rings. The van der Waals surface area contributed by atoms with Gasteiger partial charge in [-0.2, -0.15) is 0 Å². The lowest BCUT2D eigenvalue weighted by Crippen LogP contribution is -2.36. The molecule has 1 aromatic rings. The number of nitrogens with one attached hydrogen (secondary N) is 1. The highest BCUT2D eigenvalue weighted by atomic mass is 35.5. The Balaban J connectivity index is 2.33. The minimum Gasteiger partial charge on any atom is -0.478 e. The Morgan fingerprint density at radius 2 is 2.10 bits per heavy atom. The number of hydrogen-bond donors (Lipinski definition) is 2. The van der Waals surface area contributed by atoms with Crippen LogP contribution in [0.15, 0.2) is 23.1 Å². The van der Waals surface area contributed by atoms with Crippen molar-refractivity contribution < 1.29 is 18.3 Å². The number of benzene rings is 1. The van der Waals surface area contributed by atoms with Crippen LogP contribution < -0.4 is 4.72 Å². The summed E-state index contributed by atoms with van der Waals surface area (Å²) in [6.45, 7) is 2.00. The van der Waals surface area contributed by atoms with E-state index >= 15 is 0 Å². The molecule has 0 spiro atoms. The Bertz CT molecular complexity index is 629. The summed E-state index contributed by atoms with van der Waals surface area (Å²) in [4.78, 5) is 10.7. The van der Waals surface area contributed by atoms with E-state index in [2.05, 4.69) is 4.72 Å². The van der Waals surface area contributed by atoms with Crippen LogP contribution in [0.5, 0.6) is 0 Å². The van der Waals surface area contributed by atoms with Gasteiger partial charge < -0.3 is 5.11 Å². The third-order valence-electron chi connectivity index (χ3n) is 3.64. The molecule has 110 valence electrons. The number of sulfonamides is 1. The average Bonchev–Trinajstić information content (AvgIpc) is 2.74. The largest absolute Gasteiger partial charge is 0.478 e. The predicted molar refractivity (Wildman–Crippen MR) is 75.5 cm³/mol. The van der Waals surface area contributed by atoms with Crippen molar-refractivity contribution >= 4 is 27.6 Å². The zero-order chi connectivity index (χ0) is 14.9. The third kappa shape index (κ3) is 3.13. The molecule has 2 unspecified atom stereocenters. The van der Waals surface area contributed by atoms with Crippen molar-refractivity contribution in [2.45, 2.75) is 37.1 Å². The molecule has 1 aromatic carbocycles. The van der Waals surface area contributed by atoms with Crippen molar-refractivity contribution in [2.24, 2.45) is 5.92 Å². The van der Waals surface area contributed by atoms with Crippen molar-refractivity contribution in [1.82, 2.24) is 4.72 Å². The molecule has 0 bridgehead atoms. The van der Waals surface area contributed by atoms with Crippen LogP contribution in [0.1, 0.15) is 36.5 Å². The third-order valence-corrected chi connectivity index (χ3v) is 5.61. The van der Waals surface area contributed by atoms with Gasteiger partial charge in [0.1, 0.15) is 4.90 Å². The van der Waals surface area contributed by atoms with E-state index in [1.807, 2.05) is 6.92 Å². The van der Waals surface area contributed by atoms with E-state index in [4.69, 9.17) is 16.7 Å². The quantitative estimate of drug-likeness (QED) is 0.893. The number of carbonyl (C=O) groups is 1. The van der Waals surface area contributed by atoms with Crippen LogP contribution >= 0.6 is 11.6 Å². The maximum Gasteiger partial charge on any atom is 0.335 e. The molecule has 1 aliphatic carbocycles. The van der Waals surface area contributed by atoms with Crippen LogP contribution in [-0.2, 0) is 10.0 Å². The lowest BCUT2D eigenvalue weighted by molar-refractivity contribution is 0.0696. The first-order valence-corrected chi connectivity index (χ1v) is 8.22. The van der Waals surface area contributed by atoms with Crippen molar-refractivity contribution in [1.29, 1.82) is 0 Å². The molecule has 0 aliphatic heterocycles. The zero-order valence-corrected chi connectivity index (χ0v) is 12.5. The molecule has 2 N–H and O–H groups in total. The van der Waals surface area contributed by atoms with Gasteiger partial charge in [-0.3, -0.25) is 0 Å². The van der Waals surface area contributed by atoms with Gasteiger partial charge in [0, 0.05) is 6.04 Å². The number of hydrogen-bond acceptors (Lipinski definition) is 3. The highest BCUT2D eigenvalue weighted by molar-refractivity contribution is 7.89. The maximum atomic E-state index is 12.3. The predicted octanol–water partition coefficient (Wildman–Crippen LogP) is 2.51. The summed E-state index contributed by atoms with van der Waals surface area (Å²) in [5.41, 5.74) is -0.103. The highest BCUT2D eigenvalue weighted by Crippen LogP contribution is 2.28. The van der Waals surface area contributed by atoms with Crippen molar-refractivity contribution in [3.63, 3.8) is 0 Å².